The maximum atomic E-state index is 5.76. The van der Waals surface area contributed by atoms with E-state index >= 15 is 0 Å². The number of methoxy groups -OCH3 is 1. The van der Waals surface area contributed by atoms with Gasteiger partial charge >= 0.3 is 0 Å². The van der Waals surface area contributed by atoms with Crippen LogP contribution in [0.25, 0.3) is 0 Å². The number of ether oxygens (including phenoxy) is 1. The number of hydrogen-bond donors (Lipinski definition) is 2. The van der Waals surface area contributed by atoms with Crippen LogP contribution in [0.1, 0.15) is 36.3 Å². The van der Waals surface area contributed by atoms with E-state index in [4.69, 9.17) is 10.6 Å². The van der Waals surface area contributed by atoms with E-state index in [0.29, 0.717) is 0 Å². The van der Waals surface area contributed by atoms with Crippen LogP contribution in [0, 0.1) is 6.92 Å². The molecule has 0 aliphatic heterocycles. The molecule has 0 aliphatic rings. The third-order valence-corrected chi connectivity index (χ3v) is 3.62. The Hall–Kier alpha value is -1.85. The van der Waals surface area contributed by atoms with Crippen molar-refractivity contribution in [3.05, 3.63) is 47.5 Å². The summed E-state index contributed by atoms with van der Waals surface area (Å²) in [6.45, 7) is 5.17. The molecule has 1 heterocycles. The summed E-state index contributed by atoms with van der Waals surface area (Å²) in [4.78, 5) is 4.45. The molecular formula is C16H24N4O. The number of nitrogens with two attached hydrogens (primary N) is 1. The summed E-state index contributed by atoms with van der Waals surface area (Å²) in [6, 6.07) is 6.13. The molecule has 0 saturated heterocycles. The van der Waals surface area contributed by atoms with Crippen LogP contribution < -0.4 is 16.0 Å². The highest BCUT2D eigenvalue weighted by molar-refractivity contribution is 5.39. The Balaban J connectivity index is 2.25. The maximum Gasteiger partial charge on any atom is 0.123 e. The third kappa shape index (κ3) is 3.62. The average molecular weight is 288 g/mol. The number of rotatable bonds is 7. The number of hydrogen-bond acceptors (Lipinski definition) is 4. The van der Waals surface area contributed by atoms with Crippen molar-refractivity contribution in [2.24, 2.45) is 5.84 Å². The fourth-order valence-electron chi connectivity index (χ4n) is 2.52. The number of imidazole rings is 1. The molecule has 1 unspecified atom stereocenters. The van der Waals surface area contributed by atoms with Crippen molar-refractivity contribution < 1.29 is 4.74 Å². The number of benzene rings is 1. The van der Waals surface area contributed by atoms with Gasteiger partial charge in [-0.1, -0.05) is 19.1 Å². The summed E-state index contributed by atoms with van der Waals surface area (Å²) in [5.74, 6) is 7.65. The first-order valence-corrected chi connectivity index (χ1v) is 7.30. The molecule has 0 fully saturated rings. The van der Waals surface area contributed by atoms with Gasteiger partial charge in [0.2, 0.25) is 0 Å². The number of aromatic nitrogens is 2. The summed E-state index contributed by atoms with van der Waals surface area (Å²) < 4.78 is 7.65. The maximum absolute atomic E-state index is 5.76. The number of aryl methyl sites for hydroxylation is 2. The van der Waals surface area contributed by atoms with E-state index in [1.807, 2.05) is 25.4 Å². The minimum absolute atomic E-state index is 0.0291. The summed E-state index contributed by atoms with van der Waals surface area (Å²) in [5.41, 5.74) is 5.10. The molecule has 0 bridgehead atoms. The van der Waals surface area contributed by atoms with Gasteiger partial charge in [0.1, 0.15) is 11.6 Å². The first-order valence-electron chi connectivity index (χ1n) is 7.30. The highest BCUT2D eigenvalue weighted by Gasteiger charge is 2.18. The topological polar surface area (TPSA) is 65.1 Å². The van der Waals surface area contributed by atoms with E-state index in [1.165, 1.54) is 5.56 Å². The monoisotopic (exact) mass is 288 g/mol. The lowest BCUT2D eigenvalue weighted by atomic mass is 10.0. The predicted molar refractivity (Wildman–Crippen MR) is 84.0 cm³/mol. The molecule has 0 saturated carbocycles. The number of hydrazine groups is 1. The molecular weight excluding hydrogens is 264 g/mol. The van der Waals surface area contributed by atoms with E-state index < -0.39 is 0 Å². The van der Waals surface area contributed by atoms with Crippen LogP contribution in [0.3, 0.4) is 0 Å². The first-order chi connectivity index (χ1) is 10.2. The molecule has 21 heavy (non-hydrogen) atoms. The molecule has 2 aromatic rings. The molecule has 1 aromatic heterocycles. The Morgan fingerprint density at radius 3 is 2.90 bits per heavy atom. The zero-order chi connectivity index (χ0) is 15.2. The quantitative estimate of drug-likeness (QED) is 0.606. The molecule has 5 nitrogen and oxygen atoms in total. The van der Waals surface area contributed by atoms with Crippen LogP contribution in [0.4, 0.5) is 0 Å². The van der Waals surface area contributed by atoms with Crippen molar-refractivity contribution in [3.8, 4) is 5.75 Å². The lowest BCUT2D eigenvalue weighted by Crippen LogP contribution is -2.30. The predicted octanol–water partition coefficient (Wildman–Crippen LogP) is 2.36. The van der Waals surface area contributed by atoms with E-state index in [2.05, 4.69) is 34.0 Å². The van der Waals surface area contributed by atoms with Gasteiger partial charge in [0.25, 0.3) is 0 Å². The van der Waals surface area contributed by atoms with Crippen LogP contribution in [0.5, 0.6) is 5.75 Å². The van der Waals surface area contributed by atoms with Crippen LogP contribution in [0.15, 0.2) is 30.6 Å². The van der Waals surface area contributed by atoms with E-state index in [1.54, 1.807) is 7.11 Å². The Labute approximate surface area is 126 Å². The van der Waals surface area contributed by atoms with Crippen molar-refractivity contribution in [2.75, 3.05) is 7.11 Å². The van der Waals surface area contributed by atoms with Gasteiger partial charge in [0, 0.05) is 30.9 Å². The Bertz CT molecular complexity index is 579. The van der Waals surface area contributed by atoms with Gasteiger partial charge in [0.15, 0.2) is 0 Å². The Morgan fingerprint density at radius 1 is 1.43 bits per heavy atom. The second kappa shape index (κ2) is 7.24. The molecule has 3 N–H and O–H groups in total. The van der Waals surface area contributed by atoms with Crippen molar-refractivity contribution >= 4 is 0 Å². The fourth-order valence-corrected chi connectivity index (χ4v) is 2.52. The van der Waals surface area contributed by atoms with Crippen LogP contribution in [-0.2, 0) is 13.0 Å². The van der Waals surface area contributed by atoms with Crippen LogP contribution in [-0.4, -0.2) is 16.7 Å². The van der Waals surface area contributed by atoms with Gasteiger partial charge in [-0.2, -0.15) is 0 Å². The smallest absolute Gasteiger partial charge is 0.123 e. The first kappa shape index (κ1) is 15.5. The molecule has 0 amide bonds. The fraction of sp³-hybridized carbons (Fsp3) is 0.438. The van der Waals surface area contributed by atoms with Crippen molar-refractivity contribution in [1.29, 1.82) is 0 Å². The summed E-state index contributed by atoms with van der Waals surface area (Å²) in [6.07, 6.45) is 5.66. The molecule has 5 heteroatoms. The molecule has 0 radical (unpaired) electrons. The van der Waals surface area contributed by atoms with Crippen LogP contribution in [0.2, 0.25) is 0 Å². The SMILES string of the molecule is CCCn1ccnc1CC(NN)c1ccc(C)cc1OC. The van der Waals surface area contributed by atoms with Crippen molar-refractivity contribution in [3.63, 3.8) is 0 Å². The zero-order valence-electron chi connectivity index (χ0n) is 13.0. The Morgan fingerprint density at radius 2 is 2.24 bits per heavy atom. The second-order valence-electron chi connectivity index (χ2n) is 5.21. The molecule has 2 rings (SSSR count). The molecule has 114 valence electrons. The average Bonchev–Trinajstić information content (AvgIpc) is 2.92. The van der Waals surface area contributed by atoms with Gasteiger partial charge < -0.3 is 9.30 Å². The second-order valence-corrected chi connectivity index (χ2v) is 5.21. The summed E-state index contributed by atoms with van der Waals surface area (Å²) >= 11 is 0. The van der Waals surface area contributed by atoms with Crippen molar-refractivity contribution in [1.82, 2.24) is 15.0 Å². The standard InChI is InChI=1S/C16H24N4O/c1-4-8-20-9-7-18-16(20)11-14(19-17)13-6-5-12(2)10-15(13)21-3/h5-7,9-10,14,19H,4,8,11,17H2,1-3H3. The molecule has 1 atom stereocenters. The highest BCUT2D eigenvalue weighted by atomic mass is 16.5. The normalized spacial score (nSPS) is 12.4. The molecule has 0 spiro atoms. The highest BCUT2D eigenvalue weighted by Crippen LogP contribution is 2.28. The van der Waals surface area contributed by atoms with Gasteiger partial charge in [-0.05, 0) is 25.0 Å². The molecule has 0 aliphatic carbocycles. The summed E-state index contributed by atoms with van der Waals surface area (Å²) in [5, 5.41) is 0. The lowest BCUT2D eigenvalue weighted by molar-refractivity contribution is 0.397. The van der Waals surface area contributed by atoms with E-state index in [-0.39, 0.29) is 6.04 Å². The number of nitrogens with zero attached hydrogens (tertiary/aromatic N) is 2. The third-order valence-electron chi connectivity index (χ3n) is 3.62. The largest absolute Gasteiger partial charge is 0.496 e. The van der Waals surface area contributed by atoms with Gasteiger partial charge in [-0.3, -0.25) is 11.3 Å². The minimum Gasteiger partial charge on any atom is -0.496 e. The zero-order valence-corrected chi connectivity index (χ0v) is 13.0. The Kier molecular flexibility index (Phi) is 5.36. The van der Waals surface area contributed by atoms with Gasteiger partial charge in [-0.15, -0.1) is 0 Å². The van der Waals surface area contributed by atoms with Gasteiger partial charge in [-0.25, -0.2) is 4.98 Å². The number of nitrogens with one attached hydrogen (secondary N) is 1. The minimum atomic E-state index is -0.0291. The lowest BCUT2D eigenvalue weighted by Gasteiger charge is -2.20. The van der Waals surface area contributed by atoms with E-state index in [0.717, 1.165) is 36.5 Å². The van der Waals surface area contributed by atoms with E-state index in [9.17, 15) is 0 Å². The van der Waals surface area contributed by atoms with Crippen molar-refractivity contribution in [2.45, 2.75) is 39.3 Å². The van der Waals surface area contributed by atoms with Crippen LogP contribution >= 0.6 is 0 Å². The van der Waals surface area contributed by atoms with Gasteiger partial charge in [0.05, 0.1) is 13.2 Å². The summed E-state index contributed by atoms with van der Waals surface area (Å²) in [7, 11) is 1.68. The molecule has 1 aromatic carbocycles.